The van der Waals surface area contributed by atoms with Crippen molar-refractivity contribution in [1.29, 1.82) is 0 Å². The number of nitrogens with zero attached hydrogens (tertiary/aromatic N) is 2. The largest absolute Gasteiger partial charge is 0.369 e. The molecule has 2 atom stereocenters. The molecule has 0 unspecified atom stereocenters. The number of aromatic nitrogens is 2. The molecule has 0 radical (unpaired) electrons. The average Bonchev–Trinajstić information content (AvgIpc) is 2.91. The molecule has 0 saturated carbocycles. The molecule has 1 aromatic rings. The fraction of sp³-hybridized carbons (Fsp3) is 0.765. The van der Waals surface area contributed by atoms with Gasteiger partial charge in [0.05, 0.1) is 17.9 Å². The van der Waals surface area contributed by atoms with Gasteiger partial charge in [0.15, 0.2) is 5.69 Å². The molecular weight excluding hydrogens is 278 g/mol. The van der Waals surface area contributed by atoms with Gasteiger partial charge in [0, 0.05) is 25.1 Å². The molecule has 1 amide bonds. The number of H-pyrrole nitrogens is 1. The molecule has 2 aliphatic heterocycles. The van der Waals surface area contributed by atoms with Crippen molar-refractivity contribution in [2.45, 2.75) is 65.6 Å². The van der Waals surface area contributed by atoms with Crippen molar-refractivity contribution in [3.05, 3.63) is 17.0 Å². The summed E-state index contributed by atoms with van der Waals surface area (Å²) in [4.78, 5) is 14.8. The summed E-state index contributed by atoms with van der Waals surface area (Å²) in [6.07, 6.45) is 4.22. The minimum Gasteiger partial charge on any atom is -0.369 e. The van der Waals surface area contributed by atoms with E-state index in [-0.39, 0.29) is 18.1 Å². The standard InChI is InChI=1S/C17H27N3O2/c1-5-17(4)6-8-20(9-7-17)16(21)15-13-10-11(2)22-12(3)14(13)18-19-15/h11-12H,5-10H2,1-4H3,(H,18,19)/t11-,12+/m0/s1. The third-order valence-electron chi connectivity index (χ3n) is 5.55. The number of ether oxygens (including phenoxy) is 1. The second-order valence-electron chi connectivity index (χ2n) is 7.21. The molecular formula is C17H27N3O2. The highest BCUT2D eigenvalue weighted by molar-refractivity contribution is 5.94. The zero-order valence-corrected chi connectivity index (χ0v) is 14.1. The van der Waals surface area contributed by atoms with Crippen LogP contribution < -0.4 is 0 Å². The molecule has 0 aromatic carbocycles. The Labute approximate surface area is 132 Å². The van der Waals surface area contributed by atoms with Crippen molar-refractivity contribution in [2.75, 3.05) is 13.1 Å². The smallest absolute Gasteiger partial charge is 0.274 e. The Morgan fingerprint density at radius 3 is 2.73 bits per heavy atom. The van der Waals surface area contributed by atoms with E-state index in [1.54, 1.807) is 0 Å². The average molecular weight is 305 g/mol. The first-order valence-corrected chi connectivity index (χ1v) is 8.45. The minimum absolute atomic E-state index is 0.0162. The molecule has 0 aliphatic carbocycles. The van der Waals surface area contributed by atoms with Crippen LogP contribution in [0.5, 0.6) is 0 Å². The number of carbonyl (C=O) groups is 1. The molecule has 1 saturated heterocycles. The van der Waals surface area contributed by atoms with Crippen LogP contribution in [0.1, 0.15) is 74.8 Å². The fourth-order valence-corrected chi connectivity index (χ4v) is 3.60. The highest BCUT2D eigenvalue weighted by Crippen LogP contribution is 2.35. The van der Waals surface area contributed by atoms with Crippen LogP contribution in [0, 0.1) is 5.41 Å². The van der Waals surface area contributed by atoms with Crippen molar-refractivity contribution < 1.29 is 9.53 Å². The first-order chi connectivity index (χ1) is 10.4. The molecule has 5 heteroatoms. The first kappa shape index (κ1) is 15.5. The zero-order chi connectivity index (χ0) is 15.9. The lowest BCUT2D eigenvalue weighted by atomic mass is 9.78. The molecule has 122 valence electrons. The zero-order valence-electron chi connectivity index (χ0n) is 14.1. The van der Waals surface area contributed by atoms with Crippen molar-refractivity contribution in [3.8, 4) is 0 Å². The number of hydrogen-bond donors (Lipinski definition) is 1. The molecule has 1 fully saturated rings. The number of likely N-dealkylation sites (tertiary alicyclic amines) is 1. The number of piperidine rings is 1. The van der Waals surface area contributed by atoms with Crippen molar-refractivity contribution in [3.63, 3.8) is 0 Å². The second kappa shape index (κ2) is 5.69. The second-order valence-corrected chi connectivity index (χ2v) is 7.21. The van der Waals surface area contributed by atoms with Crippen molar-refractivity contribution >= 4 is 5.91 Å². The molecule has 3 heterocycles. The van der Waals surface area contributed by atoms with Gasteiger partial charge in [0.25, 0.3) is 5.91 Å². The third kappa shape index (κ3) is 2.67. The molecule has 1 aromatic heterocycles. The van der Waals surface area contributed by atoms with Crippen LogP contribution in [0.2, 0.25) is 0 Å². The summed E-state index contributed by atoms with van der Waals surface area (Å²) >= 11 is 0. The Bertz CT molecular complexity index is 558. The van der Waals surface area contributed by atoms with Crippen LogP contribution in [-0.4, -0.2) is 40.2 Å². The SMILES string of the molecule is CCC1(C)CCN(C(=O)c2n[nH]c3c2C[C@H](C)O[C@@H]3C)CC1. The molecule has 22 heavy (non-hydrogen) atoms. The van der Waals surface area contributed by atoms with Crippen LogP contribution in [0.3, 0.4) is 0 Å². The Morgan fingerprint density at radius 2 is 2.09 bits per heavy atom. The van der Waals surface area contributed by atoms with Crippen LogP contribution in [0.25, 0.3) is 0 Å². The third-order valence-corrected chi connectivity index (χ3v) is 5.55. The lowest BCUT2D eigenvalue weighted by Gasteiger charge is -2.38. The maximum atomic E-state index is 12.8. The topological polar surface area (TPSA) is 58.2 Å². The number of amides is 1. The van der Waals surface area contributed by atoms with Gasteiger partial charge in [-0.1, -0.05) is 20.3 Å². The van der Waals surface area contributed by atoms with E-state index >= 15 is 0 Å². The Kier molecular flexibility index (Phi) is 4.02. The van der Waals surface area contributed by atoms with Gasteiger partial charge in [-0.15, -0.1) is 0 Å². The van der Waals surface area contributed by atoms with Gasteiger partial charge >= 0.3 is 0 Å². The Morgan fingerprint density at radius 1 is 1.41 bits per heavy atom. The summed E-state index contributed by atoms with van der Waals surface area (Å²) in [5, 5.41) is 7.34. The fourth-order valence-electron chi connectivity index (χ4n) is 3.60. The summed E-state index contributed by atoms with van der Waals surface area (Å²) < 4.78 is 5.80. The number of aromatic amines is 1. The van der Waals surface area contributed by atoms with Gasteiger partial charge in [0.1, 0.15) is 0 Å². The van der Waals surface area contributed by atoms with E-state index in [4.69, 9.17) is 4.74 Å². The maximum Gasteiger partial charge on any atom is 0.274 e. The van der Waals surface area contributed by atoms with E-state index in [1.165, 1.54) is 6.42 Å². The van der Waals surface area contributed by atoms with Crippen LogP contribution in [0.4, 0.5) is 0 Å². The number of nitrogens with one attached hydrogen (secondary N) is 1. The van der Waals surface area contributed by atoms with E-state index in [2.05, 4.69) is 24.0 Å². The molecule has 5 nitrogen and oxygen atoms in total. The highest BCUT2D eigenvalue weighted by Gasteiger charge is 2.34. The van der Waals surface area contributed by atoms with Crippen molar-refractivity contribution in [2.24, 2.45) is 5.41 Å². The molecule has 0 bridgehead atoms. The summed E-state index contributed by atoms with van der Waals surface area (Å²) in [7, 11) is 0. The van der Waals surface area contributed by atoms with Gasteiger partial charge in [-0.05, 0) is 32.1 Å². The molecule has 0 spiro atoms. The predicted octanol–water partition coefficient (Wildman–Crippen LogP) is 3.08. The number of rotatable bonds is 2. The van der Waals surface area contributed by atoms with E-state index in [9.17, 15) is 4.79 Å². The molecule has 3 rings (SSSR count). The van der Waals surface area contributed by atoms with Crippen LogP contribution in [0.15, 0.2) is 0 Å². The van der Waals surface area contributed by atoms with Gasteiger partial charge < -0.3 is 9.64 Å². The van der Waals surface area contributed by atoms with Gasteiger partial charge in [-0.3, -0.25) is 9.89 Å². The summed E-state index contributed by atoms with van der Waals surface area (Å²) in [6.45, 7) is 10.3. The molecule has 1 N–H and O–H groups in total. The number of carbonyl (C=O) groups excluding carboxylic acids is 1. The van der Waals surface area contributed by atoms with E-state index in [0.717, 1.165) is 43.6 Å². The lowest BCUT2D eigenvalue weighted by Crippen LogP contribution is -2.42. The monoisotopic (exact) mass is 305 g/mol. The van der Waals surface area contributed by atoms with E-state index in [0.29, 0.717) is 11.1 Å². The quantitative estimate of drug-likeness (QED) is 0.913. The predicted molar refractivity (Wildman–Crippen MR) is 84.8 cm³/mol. The van der Waals surface area contributed by atoms with E-state index < -0.39 is 0 Å². The maximum absolute atomic E-state index is 12.8. The number of hydrogen-bond acceptors (Lipinski definition) is 3. The minimum atomic E-state index is -0.0162. The summed E-state index contributed by atoms with van der Waals surface area (Å²) in [5.41, 5.74) is 3.02. The normalized spacial score (nSPS) is 27.5. The highest BCUT2D eigenvalue weighted by atomic mass is 16.5. The first-order valence-electron chi connectivity index (χ1n) is 8.45. The lowest BCUT2D eigenvalue weighted by molar-refractivity contribution is -0.00704. The van der Waals surface area contributed by atoms with Crippen LogP contribution in [-0.2, 0) is 11.2 Å². The molecule has 2 aliphatic rings. The Balaban J connectivity index is 1.77. The van der Waals surface area contributed by atoms with Crippen LogP contribution >= 0.6 is 0 Å². The summed E-state index contributed by atoms with van der Waals surface area (Å²) in [6, 6.07) is 0. The van der Waals surface area contributed by atoms with Gasteiger partial charge in [-0.25, -0.2) is 0 Å². The van der Waals surface area contributed by atoms with Gasteiger partial charge in [-0.2, -0.15) is 5.10 Å². The van der Waals surface area contributed by atoms with Crippen molar-refractivity contribution in [1.82, 2.24) is 15.1 Å². The number of fused-ring (bicyclic) bond motifs is 1. The Hall–Kier alpha value is -1.36. The van der Waals surface area contributed by atoms with E-state index in [1.807, 2.05) is 18.7 Å². The van der Waals surface area contributed by atoms with Gasteiger partial charge in [0.2, 0.25) is 0 Å². The summed E-state index contributed by atoms with van der Waals surface area (Å²) in [5.74, 6) is 0.0805.